The van der Waals surface area contributed by atoms with E-state index in [0.717, 1.165) is 65.0 Å². The summed E-state index contributed by atoms with van der Waals surface area (Å²) >= 11 is 0. The molecule has 1 atom stereocenters. The van der Waals surface area contributed by atoms with Gasteiger partial charge in [0.25, 0.3) is 0 Å². The molecular formula is C26H26FN3O. The van der Waals surface area contributed by atoms with Crippen molar-refractivity contribution in [1.82, 2.24) is 14.5 Å². The van der Waals surface area contributed by atoms with Crippen molar-refractivity contribution in [3.63, 3.8) is 0 Å². The molecule has 1 saturated heterocycles. The predicted molar refractivity (Wildman–Crippen MR) is 120 cm³/mol. The van der Waals surface area contributed by atoms with Gasteiger partial charge in [0.2, 0.25) is 5.91 Å². The summed E-state index contributed by atoms with van der Waals surface area (Å²) < 4.78 is 16.2. The van der Waals surface area contributed by atoms with Crippen molar-refractivity contribution >= 4 is 12.0 Å². The molecule has 1 aromatic heterocycles. The zero-order valence-electron chi connectivity index (χ0n) is 17.9. The van der Waals surface area contributed by atoms with Crippen molar-refractivity contribution in [2.24, 2.45) is 0 Å². The first-order chi connectivity index (χ1) is 15.0. The first-order valence-corrected chi connectivity index (χ1v) is 10.9. The maximum atomic E-state index is 14.2. The molecule has 5 rings (SSSR count). The van der Waals surface area contributed by atoms with Gasteiger partial charge in [-0.3, -0.25) is 4.79 Å². The zero-order valence-corrected chi connectivity index (χ0v) is 17.9. The highest BCUT2D eigenvalue weighted by Crippen LogP contribution is 2.31. The second kappa shape index (κ2) is 7.80. The van der Waals surface area contributed by atoms with E-state index in [-0.39, 0.29) is 17.8 Å². The Morgan fingerprint density at radius 3 is 2.77 bits per heavy atom. The number of amides is 1. The number of rotatable bonds is 3. The number of piperidine rings is 1. The second-order valence-electron chi connectivity index (χ2n) is 8.68. The van der Waals surface area contributed by atoms with Gasteiger partial charge >= 0.3 is 0 Å². The number of carbonyl (C=O) groups excluding carboxylic acids is 1. The second-order valence-corrected chi connectivity index (χ2v) is 8.68. The number of imidazole rings is 1. The molecule has 1 amide bonds. The number of aromatic nitrogens is 2. The Hall–Kier alpha value is -3.21. The molecule has 2 heterocycles. The van der Waals surface area contributed by atoms with E-state index < -0.39 is 0 Å². The fourth-order valence-electron chi connectivity index (χ4n) is 4.93. The molecule has 0 N–H and O–H groups in total. The number of nitrogens with zero attached hydrogens (tertiary/aromatic N) is 3. The normalized spacial score (nSPS) is 19.8. The van der Waals surface area contributed by atoms with Gasteiger partial charge in [-0.1, -0.05) is 18.2 Å². The third-order valence-electron chi connectivity index (χ3n) is 6.48. The van der Waals surface area contributed by atoms with Crippen LogP contribution in [0.2, 0.25) is 0 Å². The molecule has 2 aliphatic rings. The van der Waals surface area contributed by atoms with Crippen molar-refractivity contribution in [1.29, 1.82) is 0 Å². The first kappa shape index (κ1) is 19.7. The Balaban J connectivity index is 1.37. The lowest BCUT2D eigenvalue weighted by Gasteiger charge is -2.33. The van der Waals surface area contributed by atoms with Crippen LogP contribution in [-0.2, 0) is 17.6 Å². The van der Waals surface area contributed by atoms with Crippen LogP contribution in [0.3, 0.4) is 0 Å². The SMILES string of the molecule is Cc1cn(-c2ccc(/C=C3\CCCN([C@@H]4Cc5cccc(F)c5C4)C3=O)cc2C)cn1. The van der Waals surface area contributed by atoms with Gasteiger partial charge in [0.1, 0.15) is 5.82 Å². The lowest BCUT2D eigenvalue weighted by atomic mass is 9.97. The van der Waals surface area contributed by atoms with Crippen LogP contribution < -0.4 is 0 Å². The van der Waals surface area contributed by atoms with Crippen LogP contribution in [0.15, 0.2) is 54.5 Å². The van der Waals surface area contributed by atoms with Crippen LogP contribution in [0.5, 0.6) is 0 Å². The molecule has 0 saturated carbocycles. The van der Waals surface area contributed by atoms with Gasteiger partial charge in [0.05, 0.1) is 12.0 Å². The maximum Gasteiger partial charge on any atom is 0.250 e. The molecule has 158 valence electrons. The Morgan fingerprint density at radius 1 is 1.16 bits per heavy atom. The largest absolute Gasteiger partial charge is 0.335 e. The summed E-state index contributed by atoms with van der Waals surface area (Å²) in [5.41, 5.74) is 6.88. The van der Waals surface area contributed by atoms with Crippen molar-refractivity contribution in [2.75, 3.05) is 6.54 Å². The molecule has 0 bridgehead atoms. The number of hydrogen-bond acceptors (Lipinski definition) is 2. The molecule has 3 aromatic rings. The highest BCUT2D eigenvalue weighted by atomic mass is 19.1. The fourth-order valence-corrected chi connectivity index (χ4v) is 4.93. The summed E-state index contributed by atoms with van der Waals surface area (Å²) in [6.07, 6.45) is 8.92. The van der Waals surface area contributed by atoms with Crippen LogP contribution in [0.4, 0.5) is 4.39 Å². The van der Waals surface area contributed by atoms with E-state index >= 15 is 0 Å². The third-order valence-corrected chi connectivity index (χ3v) is 6.48. The first-order valence-electron chi connectivity index (χ1n) is 10.9. The van der Waals surface area contributed by atoms with Crippen LogP contribution in [0, 0.1) is 19.7 Å². The average molecular weight is 416 g/mol. The average Bonchev–Trinajstić information content (AvgIpc) is 3.37. The monoisotopic (exact) mass is 415 g/mol. The Labute approximate surface area is 182 Å². The summed E-state index contributed by atoms with van der Waals surface area (Å²) in [4.78, 5) is 19.5. The van der Waals surface area contributed by atoms with Gasteiger partial charge in [0.15, 0.2) is 0 Å². The van der Waals surface area contributed by atoms with Crippen molar-refractivity contribution in [3.05, 3.63) is 88.3 Å². The van der Waals surface area contributed by atoms with Gasteiger partial charge < -0.3 is 9.47 Å². The highest BCUT2D eigenvalue weighted by molar-refractivity contribution is 5.98. The Morgan fingerprint density at radius 2 is 2.03 bits per heavy atom. The van der Waals surface area contributed by atoms with E-state index in [1.807, 2.05) is 41.1 Å². The number of hydrogen-bond donors (Lipinski definition) is 0. The summed E-state index contributed by atoms with van der Waals surface area (Å²) in [5, 5.41) is 0. The van der Waals surface area contributed by atoms with Gasteiger partial charge in [-0.25, -0.2) is 9.37 Å². The van der Waals surface area contributed by atoms with E-state index in [1.54, 1.807) is 6.07 Å². The smallest absolute Gasteiger partial charge is 0.250 e. The summed E-state index contributed by atoms with van der Waals surface area (Å²) in [5.74, 6) is -0.0553. The predicted octanol–water partition coefficient (Wildman–Crippen LogP) is 4.80. The quantitative estimate of drug-likeness (QED) is 0.576. The molecular weight excluding hydrogens is 389 g/mol. The molecule has 1 aliphatic heterocycles. The molecule has 5 heteroatoms. The van der Waals surface area contributed by atoms with E-state index in [9.17, 15) is 9.18 Å². The number of carbonyl (C=O) groups is 1. The minimum Gasteiger partial charge on any atom is -0.335 e. The minimum atomic E-state index is -0.149. The highest BCUT2D eigenvalue weighted by Gasteiger charge is 2.34. The van der Waals surface area contributed by atoms with Crippen LogP contribution in [0.1, 0.15) is 40.8 Å². The zero-order chi connectivity index (χ0) is 21.5. The minimum absolute atomic E-state index is 0.0525. The molecule has 1 aliphatic carbocycles. The standard InChI is InChI=1S/C26H26FN3O/c1-17-11-19(8-9-25(17)29-15-18(2)28-16-29)12-21-6-4-10-30(26(21)31)22-13-20-5-3-7-24(27)23(20)14-22/h3,5,7-9,11-12,15-16,22H,4,6,10,13-14H2,1-2H3/b21-12+/t22-/m1/s1. The molecule has 0 spiro atoms. The van der Waals surface area contributed by atoms with Gasteiger partial charge in [0, 0.05) is 30.0 Å². The van der Waals surface area contributed by atoms with Crippen LogP contribution in [-0.4, -0.2) is 32.9 Å². The van der Waals surface area contributed by atoms with Gasteiger partial charge in [-0.2, -0.15) is 0 Å². The van der Waals surface area contributed by atoms with E-state index in [0.29, 0.717) is 6.42 Å². The van der Waals surface area contributed by atoms with Crippen molar-refractivity contribution in [2.45, 2.75) is 45.6 Å². The van der Waals surface area contributed by atoms with Crippen LogP contribution >= 0.6 is 0 Å². The fraction of sp³-hybridized carbons (Fsp3) is 0.308. The molecule has 2 aromatic carbocycles. The molecule has 31 heavy (non-hydrogen) atoms. The lowest BCUT2D eigenvalue weighted by molar-refractivity contribution is -0.130. The summed E-state index contributed by atoms with van der Waals surface area (Å²) in [6.45, 7) is 4.79. The molecule has 0 unspecified atom stereocenters. The number of fused-ring (bicyclic) bond motifs is 1. The van der Waals surface area contributed by atoms with Crippen molar-refractivity contribution < 1.29 is 9.18 Å². The molecule has 4 nitrogen and oxygen atoms in total. The number of halogens is 1. The lowest BCUT2D eigenvalue weighted by Crippen LogP contribution is -2.44. The third kappa shape index (κ3) is 3.69. The van der Waals surface area contributed by atoms with E-state index in [1.165, 1.54) is 6.07 Å². The van der Waals surface area contributed by atoms with E-state index in [2.05, 4.69) is 30.1 Å². The Bertz CT molecular complexity index is 1190. The van der Waals surface area contributed by atoms with Crippen LogP contribution in [0.25, 0.3) is 11.8 Å². The summed E-state index contributed by atoms with van der Waals surface area (Å²) in [7, 11) is 0. The molecule has 1 fully saturated rings. The maximum absolute atomic E-state index is 14.2. The van der Waals surface area contributed by atoms with Gasteiger partial charge in [-0.05, 0) is 86.1 Å². The number of benzene rings is 2. The number of aryl methyl sites for hydroxylation is 2. The summed E-state index contributed by atoms with van der Waals surface area (Å²) in [6, 6.07) is 11.6. The topological polar surface area (TPSA) is 38.1 Å². The Kier molecular flexibility index (Phi) is 4.97. The molecule has 0 radical (unpaired) electrons. The van der Waals surface area contributed by atoms with E-state index in [4.69, 9.17) is 0 Å². The number of likely N-dealkylation sites (tertiary alicyclic amines) is 1. The van der Waals surface area contributed by atoms with Crippen molar-refractivity contribution in [3.8, 4) is 5.69 Å². The van der Waals surface area contributed by atoms with Gasteiger partial charge in [-0.15, -0.1) is 0 Å².